The van der Waals surface area contributed by atoms with E-state index in [-0.39, 0.29) is 18.4 Å². The van der Waals surface area contributed by atoms with Gasteiger partial charge >= 0.3 is 0 Å². The molecule has 1 saturated carbocycles. The third-order valence-electron chi connectivity index (χ3n) is 2.14. The van der Waals surface area contributed by atoms with Crippen molar-refractivity contribution in [3.8, 4) is 0 Å². The van der Waals surface area contributed by atoms with Gasteiger partial charge in [0.2, 0.25) is 0 Å². The van der Waals surface area contributed by atoms with Crippen molar-refractivity contribution in [2.75, 3.05) is 6.67 Å². The normalized spacial score (nSPS) is 26.9. The highest BCUT2D eigenvalue weighted by Crippen LogP contribution is 2.22. The Morgan fingerprint density at radius 2 is 2.30 bits per heavy atom. The lowest BCUT2D eigenvalue weighted by atomic mass is 9.86. The Morgan fingerprint density at radius 1 is 1.50 bits per heavy atom. The highest BCUT2D eigenvalue weighted by Gasteiger charge is 2.20. The first-order valence-corrected chi connectivity index (χ1v) is 3.93. The number of carbonyl (C=O) groups excluding carboxylic acids is 1. The maximum absolute atomic E-state index is 11.8. The maximum atomic E-state index is 11.8. The SMILES string of the molecule is O=C1CCCCC1CCF. The van der Waals surface area contributed by atoms with Crippen LogP contribution in [-0.4, -0.2) is 12.5 Å². The molecule has 58 valence electrons. The number of hydrogen-bond donors (Lipinski definition) is 0. The molecule has 0 bridgehead atoms. The van der Waals surface area contributed by atoms with Gasteiger partial charge in [-0.3, -0.25) is 9.18 Å². The summed E-state index contributed by atoms with van der Waals surface area (Å²) in [5.74, 6) is 0.336. The number of ketones is 1. The topological polar surface area (TPSA) is 17.1 Å². The summed E-state index contributed by atoms with van der Waals surface area (Å²) in [4.78, 5) is 11.0. The molecule has 1 aliphatic rings. The van der Waals surface area contributed by atoms with E-state index in [0.717, 1.165) is 19.3 Å². The summed E-state index contributed by atoms with van der Waals surface area (Å²) in [6.07, 6.45) is 4.18. The fourth-order valence-corrected chi connectivity index (χ4v) is 1.49. The highest BCUT2D eigenvalue weighted by molar-refractivity contribution is 5.81. The van der Waals surface area contributed by atoms with Crippen molar-refractivity contribution < 1.29 is 9.18 Å². The average molecular weight is 144 g/mol. The zero-order valence-corrected chi connectivity index (χ0v) is 6.11. The van der Waals surface area contributed by atoms with Crippen LogP contribution in [0.2, 0.25) is 0 Å². The lowest BCUT2D eigenvalue weighted by Crippen LogP contribution is -2.19. The molecule has 1 unspecified atom stereocenters. The summed E-state index contributed by atoms with van der Waals surface area (Å²) >= 11 is 0. The number of hydrogen-bond acceptors (Lipinski definition) is 1. The van der Waals surface area contributed by atoms with Crippen LogP contribution in [0.4, 0.5) is 4.39 Å². The molecule has 0 aromatic carbocycles. The van der Waals surface area contributed by atoms with Crippen LogP contribution in [0.5, 0.6) is 0 Å². The monoisotopic (exact) mass is 144 g/mol. The lowest BCUT2D eigenvalue weighted by molar-refractivity contribution is -0.124. The first-order valence-electron chi connectivity index (χ1n) is 3.93. The number of alkyl halides is 1. The molecular weight excluding hydrogens is 131 g/mol. The van der Waals surface area contributed by atoms with Gasteiger partial charge in [0.05, 0.1) is 6.67 Å². The van der Waals surface area contributed by atoms with Crippen molar-refractivity contribution in [3.05, 3.63) is 0 Å². The van der Waals surface area contributed by atoms with E-state index in [1.165, 1.54) is 0 Å². The third-order valence-corrected chi connectivity index (χ3v) is 2.14. The average Bonchev–Trinajstić information content (AvgIpc) is 1.94. The van der Waals surface area contributed by atoms with Gasteiger partial charge in [-0.25, -0.2) is 0 Å². The van der Waals surface area contributed by atoms with Crippen LogP contribution in [-0.2, 0) is 4.79 Å². The van der Waals surface area contributed by atoms with Gasteiger partial charge in [-0.1, -0.05) is 6.42 Å². The smallest absolute Gasteiger partial charge is 0.136 e. The first-order chi connectivity index (χ1) is 4.84. The van der Waals surface area contributed by atoms with Gasteiger partial charge in [-0.2, -0.15) is 0 Å². The minimum Gasteiger partial charge on any atom is -0.299 e. The Kier molecular flexibility index (Phi) is 2.84. The molecule has 1 atom stereocenters. The predicted molar refractivity (Wildman–Crippen MR) is 37.6 cm³/mol. The van der Waals surface area contributed by atoms with Crippen molar-refractivity contribution in [2.45, 2.75) is 32.1 Å². The fraction of sp³-hybridized carbons (Fsp3) is 0.875. The van der Waals surface area contributed by atoms with Crippen molar-refractivity contribution in [1.29, 1.82) is 0 Å². The van der Waals surface area contributed by atoms with E-state index in [1.807, 2.05) is 0 Å². The number of halogens is 1. The van der Waals surface area contributed by atoms with Crippen molar-refractivity contribution in [1.82, 2.24) is 0 Å². The molecule has 0 spiro atoms. The summed E-state index contributed by atoms with van der Waals surface area (Å²) in [5, 5.41) is 0. The molecule has 10 heavy (non-hydrogen) atoms. The van der Waals surface area contributed by atoms with E-state index in [2.05, 4.69) is 0 Å². The van der Waals surface area contributed by atoms with Gasteiger partial charge in [-0.15, -0.1) is 0 Å². The Labute approximate surface area is 60.6 Å². The van der Waals surface area contributed by atoms with Gasteiger partial charge in [-0.05, 0) is 19.3 Å². The van der Waals surface area contributed by atoms with E-state index in [9.17, 15) is 9.18 Å². The molecule has 0 N–H and O–H groups in total. The van der Waals surface area contributed by atoms with Crippen molar-refractivity contribution in [2.24, 2.45) is 5.92 Å². The Hall–Kier alpha value is -0.400. The predicted octanol–water partition coefficient (Wildman–Crippen LogP) is 2.11. The van der Waals surface area contributed by atoms with Crippen LogP contribution in [0, 0.1) is 5.92 Å². The minimum absolute atomic E-state index is 0.0544. The maximum Gasteiger partial charge on any atom is 0.136 e. The van der Waals surface area contributed by atoms with E-state index in [4.69, 9.17) is 0 Å². The molecule has 0 radical (unpaired) electrons. The second kappa shape index (κ2) is 3.69. The number of Topliss-reactive ketones (excluding diaryl/α,β-unsaturated/α-hetero) is 1. The summed E-state index contributed by atoms with van der Waals surface area (Å²) in [7, 11) is 0. The fourth-order valence-electron chi connectivity index (χ4n) is 1.49. The van der Waals surface area contributed by atoms with Crippen LogP contribution in [0.15, 0.2) is 0 Å². The van der Waals surface area contributed by atoms with Gasteiger partial charge in [0.25, 0.3) is 0 Å². The Morgan fingerprint density at radius 3 is 2.90 bits per heavy atom. The Balaban J connectivity index is 2.32. The molecule has 0 aliphatic heterocycles. The molecule has 2 heteroatoms. The van der Waals surface area contributed by atoms with Gasteiger partial charge < -0.3 is 0 Å². The molecule has 1 nitrogen and oxygen atoms in total. The summed E-state index contributed by atoms with van der Waals surface area (Å²) in [6.45, 7) is -0.337. The first kappa shape index (κ1) is 7.70. The van der Waals surface area contributed by atoms with Crippen LogP contribution in [0.1, 0.15) is 32.1 Å². The molecule has 0 heterocycles. The van der Waals surface area contributed by atoms with Gasteiger partial charge in [0, 0.05) is 12.3 Å². The molecular formula is C8H13FO. The van der Waals surface area contributed by atoms with Crippen molar-refractivity contribution >= 4 is 5.78 Å². The van der Waals surface area contributed by atoms with E-state index < -0.39 is 0 Å². The van der Waals surface area contributed by atoms with E-state index >= 15 is 0 Å². The van der Waals surface area contributed by atoms with Crippen LogP contribution in [0.25, 0.3) is 0 Å². The largest absolute Gasteiger partial charge is 0.299 e. The van der Waals surface area contributed by atoms with Crippen molar-refractivity contribution in [3.63, 3.8) is 0 Å². The van der Waals surface area contributed by atoms with Gasteiger partial charge in [0.15, 0.2) is 0 Å². The molecule has 0 saturated heterocycles. The molecule has 1 aliphatic carbocycles. The zero-order valence-electron chi connectivity index (χ0n) is 6.11. The molecule has 0 amide bonds. The lowest BCUT2D eigenvalue weighted by Gasteiger charge is -2.18. The zero-order chi connectivity index (χ0) is 7.40. The molecule has 1 fully saturated rings. The van der Waals surface area contributed by atoms with E-state index in [1.54, 1.807) is 0 Å². The van der Waals surface area contributed by atoms with Crippen LogP contribution < -0.4 is 0 Å². The number of rotatable bonds is 2. The quantitative estimate of drug-likeness (QED) is 0.580. The second-order valence-corrected chi connectivity index (χ2v) is 2.89. The van der Waals surface area contributed by atoms with Crippen LogP contribution >= 0.6 is 0 Å². The molecule has 0 aromatic rings. The van der Waals surface area contributed by atoms with Gasteiger partial charge in [0.1, 0.15) is 5.78 Å². The Bertz CT molecular complexity index is 120. The summed E-state index contributed by atoms with van der Waals surface area (Å²) in [6, 6.07) is 0. The second-order valence-electron chi connectivity index (χ2n) is 2.89. The van der Waals surface area contributed by atoms with Crippen LogP contribution in [0.3, 0.4) is 0 Å². The summed E-state index contributed by atoms with van der Waals surface area (Å²) < 4.78 is 11.8. The highest BCUT2D eigenvalue weighted by atomic mass is 19.1. The standard InChI is InChI=1S/C8H13FO/c9-6-5-7-3-1-2-4-8(7)10/h7H,1-6H2. The number of carbonyl (C=O) groups is 1. The summed E-state index contributed by atoms with van der Waals surface area (Å²) in [5.41, 5.74) is 0. The molecule has 1 rings (SSSR count). The minimum atomic E-state index is -0.337. The third kappa shape index (κ3) is 1.79. The molecule has 0 aromatic heterocycles. The van der Waals surface area contributed by atoms with E-state index in [0.29, 0.717) is 12.8 Å².